The number of carbonyl (C=O) groups excluding carboxylic acids is 1. The third-order valence-electron chi connectivity index (χ3n) is 5.33. The number of benzene rings is 3. The maximum Gasteiger partial charge on any atom is 0.264 e. The standard InChI is InChI=1S/C25H27FN2O6S/c1-17(23-15-21(33-3)11-14-24(23)34-4)27-25(29)16-28(19-7-5-18(26)6-8-19)35(30,31)22-12-9-20(32-2)10-13-22/h5-15,17H,16H2,1-4H3,(H,27,29). The summed E-state index contributed by atoms with van der Waals surface area (Å²) in [5.74, 6) is 0.510. The van der Waals surface area contributed by atoms with E-state index in [9.17, 15) is 17.6 Å². The van der Waals surface area contributed by atoms with E-state index in [-0.39, 0.29) is 10.6 Å². The van der Waals surface area contributed by atoms with Crippen LogP contribution in [-0.4, -0.2) is 42.2 Å². The second-order valence-corrected chi connectivity index (χ2v) is 9.42. The topological polar surface area (TPSA) is 94.2 Å². The van der Waals surface area contributed by atoms with E-state index in [0.29, 0.717) is 22.8 Å². The SMILES string of the molecule is COc1ccc(S(=O)(=O)N(CC(=O)NC(C)c2cc(OC)ccc2OC)c2ccc(F)cc2)cc1. The molecule has 3 aromatic rings. The molecule has 3 aromatic carbocycles. The number of methoxy groups -OCH3 is 3. The lowest BCUT2D eigenvalue weighted by Crippen LogP contribution is -2.41. The van der Waals surface area contributed by atoms with E-state index in [1.165, 1.54) is 57.7 Å². The maximum absolute atomic E-state index is 13.5. The molecule has 1 N–H and O–H groups in total. The van der Waals surface area contributed by atoms with Crippen molar-refractivity contribution < 1.29 is 31.8 Å². The molecule has 0 aliphatic carbocycles. The average Bonchev–Trinajstić information content (AvgIpc) is 2.87. The van der Waals surface area contributed by atoms with Crippen molar-refractivity contribution in [3.05, 3.63) is 78.1 Å². The van der Waals surface area contributed by atoms with E-state index in [0.717, 1.165) is 16.4 Å². The minimum atomic E-state index is -4.16. The van der Waals surface area contributed by atoms with Crippen LogP contribution in [0.25, 0.3) is 0 Å². The molecule has 0 bridgehead atoms. The summed E-state index contributed by atoms with van der Waals surface area (Å²) in [6.07, 6.45) is 0. The van der Waals surface area contributed by atoms with Gasteiger partial charge in [-0.2, -0.15) is 0 Å². The summed E-state index contributed by atoms with van der Waals surface area (Å²) in [6, 6.07) is 15.3. The van der Waals surface area contributed by atoms with E-state index in [4.69, 9.17) is 14.2 Å². The average molecular weight is 503 g/mol. The zero-order chi connectivity index (χ0) is 25.6. The van der Waals surface area contributed by atoms with Gasteiger partial charge in [-0.05, 0) is 73.7 Å². The van der Waals surface area contributed by atoms with Crippen LogP contribution in [-0.2, 0) is 14.8 Å². The number of ether oxygens (including phenoxy) is 3. The number of hydrogen-bond acceptors (Lipinski definition) is 6. The number of nitrogens with zero attached hydrogens (tertiary/aromatic N) is 1. The van der Waals surface area contributed by atoms with Gasteiger partial charge in [0, 0.05) is 5.56 Å². The van der Waals surface area contributed by atoms with E-state index in [1.54, 1.807) is 25.1 Å². The van der Waals surface area contributed by atoms with Gasteiger partial charge in [0.25, 0.3) is 10.0 Å². The molecule has 0 saturated heterocycles. The van der Waals surface area contributed by atoms with E-state index in [1.807, 2.05) is 0 Å². The lowest BCUT2D eigenvalue weighted by atomic mass is 10.1. The van der Waals surface area contributed by atoms with Crippen molar-refractivity contribution in [1.29, 1.82) is 0 Å². The molecule has 0 aromatic heterocycles. The Morgan fingerprint density at radius 2 is 1.51 bits per heavy atom. The van der Waals surface area contributed by atoms with E-state index in [2.05, 4.69) is 5.32 Å². The monoisotopic (exact) mass is 502 g/mol. The highest BCUT2D eigenvalue weighted by Crippen LogP contribution is 2.30. The van der Waals surface area contributed by atoms with Crippen LogP contribution in [0.3, 0.4) is 0 Å². The van der Waals surface area contributed by atoms with Crippen molar-refractivity contribution in [2.45, 2.75) is 17.9 Å². The molecule has 0 radical (unpaired) electrons. The lowest BCUT2D eigenvalue weighted by molar-refractivity contribution is -0.120. The van der Waals surface area contributed by atoms with Gasteiger partial charge in [-0.1, -0.05) is 0 Å². The Hall–Kier alpha value is -3.79. The predicted molar refractivity (Wildman–Crippen MR) is 130 cm³/mol. The Morgan fingerprint density at radius 3 is 2.09 bits per heavy atom. The fraction of sp³-hybridized carbons (Fsp3) is 0.240. The Labute approximate surface area is 204 Å². The molecule has 10 heteroatoms. The first-order valence-corrected chi connectivity index (χ1v) is 12.1. The molecule has 1 atom stereocenters. The van der Waals surface area contributed by atoms with Crippen molar-refractivity contribution in [2.75, 3.05) is 32.2 Å². The first-order valence-electron chi connectivity index (χ1n) is 10.6. The first-order chi connectivity index (χ1) is 16.7. The number of sulfonamides is 1. The van der Waals surface area contributed by atoms with Crippen molar-refractivity contribution >= 4 is 21.6 Å². The van der Waals surface area contributed by atoms with Gasteiger partial charge in [-0.15, -0.1) is 0 Å². The third-order valence-corrected chi connectivity index (χ3v) is 7.12. The van der Waals surface area contributed by atoms with Crippen molar-refractivity contribution in [3.8, 4) is 17.2 Å². The summed E-state index contributed by atoms with van der Waals surface area (Å²) >= 11 is 0. The third kappa shape index (κ3) is 6.02. The highest BCUT2D eigenvalue weighted by atomic mass is 32.2. The van der Waals surface area contributed by atoms with E-state index < -0.39 is 34.3 Å². The minimum Gasteiger partial charge on any atom is -0.497 e. The van der Waals surface area contributed by atoms with Gasteiger partial charge in [-0.25, -0.2) is 12.8 Å². The molecular weight excluding hydrogens is 475 g/mol. The van der Waals surface area contributed by atoms with Crippen LogP contribution >= 0.6 is 0 Å². The van der Waals surface area contributed by atoms with Gasteiger partial charge in [0.15, 0.2) is 0 Å². The van der Waals surface area contributed by atoms with Crippen LogP contribution in [0.4, 0.5) is 10.1 Å². The van der Waals surface area contributed by atoms with Crippen molar-refractivity contribution in [3.63, 3.8) is 0 Å². The highest BCUT2D eigenvalue weighted by molar-refractivity contribution is 7.92. The van der Waals surface area contributed by atoms with Crippen LogP contribution in [0.15, 0.2) is 71.6 Å². The summed E-state index contributed by atoms with van der Waals surface area (Å²) < 4.78 is 57.1. The summed E-state index contributed by atoms with van der Waals surface area (Å²) in [5, 5.41) is 2.80. The molecule has 8 nitrogen and oxygen atoms in total. The zero-order valence-corrected chi connectivity index (χ0v) is 20.6. The molecule has 3 rings (SSSR count). The van der Waals surface area contributed by atoms with E-state index >= 15 is 0 Å². The molecule has 186 valence electrons. The molecular formula is C25H27FN2O6S. The predicted octanol–water partition coefficient (Wildman–Crippen LogP) is 3.92. The number of anilines is 1. The highest BCUT2D eigenvalue weighted by Gasteiger charge is 2.28. The van der Waals surface area contributed by atoms with Gasteiger partial charge in [0.1, 0.15) is 29.6 Å². The Balaban J connectivity index is 1.90. The van der Waals surface area contributed by atoms with Gasteiger partial charge in [0.05, 0.1) is 38.0 Å². The molecule has 0 saturated carbocycles. The molecule has 0 spiro atoms. The summed E-state index contributed by atoms with van der Waals surface area (Å²) in [5.41, 5.74) is 0.801. The smallest absolute Gasteiger partial charge is 0.264 e. The maximum atomic E-state index is 13.5. The van der Waals surface area contributed by atoms with Crippen LogP contribution < -0.4 is 23.8 Å². The van der Waals surface area contributed by atoms with Crippen LogP contribution in [0.1, 0.15) is 18.5 Å². The number of halogens is 1. The number of hydrogen-bond donors (Lipinski definition) is 1. The fourth-order valence-corrected chi connectivity index (χ4v) is 4.89. The van der Waals surface area contributed by atoms with Crippen molar-refractivity contribution in [2.24, 2.45) is 0 Å². The number of nitrogens with one attached hydrogen (secondary N) is 1. The lowest BCUT2D eigenvalue weighted by Gasteiger charge is -2.25. The second-order valence-electron chi connectivity index (χ2n) is 7.56. The quantitative estimate of drug-likeness (QED) is 0.452. The van der Waals surface area contributed by atoms with Crippen LogP contribution in [0.5, 0.6) is 17.2 Å². The van der Waals surface area contributed by atoms with Gasteiger partial charge in [-0.3, -0.25) is 9.10 Å². The molecule has 1 unspecified atom stereocenters. The normalized spacial score (nSPS) is 11.9. The minimum absolute atomic E-state index is 0.0436. The van der Waals surface area contributed by atoms with Crippen LogP contribution in [0.2, 0.25) is 0 Å². The molecule has 0 aliphatic rings. The zero-order valence-electron chi connectivity index (χ0n) is 19.8. The second kappa shape index (κ2) is 11.1. The summed E-state index contributed by atoms with van der Waals surface area (Å²) in [4.78, 5) is 13.0. The Kier molecular flexibility index (Phi) is 8.18. The molecule has 0 heterocycles. The van der Waals surface area contributed by atoms with Gasteiger partial charge < -0.3 is 19.5 Å². The molecule has 0 fully saturated rings. The molecule has 35 heavy (non-hydrogen) atoms. The molecule has 0 aliphatic heterocycles. The fourth-order valence-electron chi connectivity index (χ4n) is 3.47. The van der Waals surface area contributed by atoms with Crippen LogP contribution in [0, 0.1) is 5.82 Å². The molecule has 1 amide bonds. The largest absolute Gasteiger partial charge is 0.497 e. The Morgan fingerprint density at radius 1 is 0.914 bits per heavy atom. The van der Waals surface area contributed by atoms with Gasteiger partial charge in [0.2, 0.25) is 5.91 Å². The van der Waals surface area contributed by atoms with Crippen molar-refractivity contribution in [1.82, 2.24) is 5.32 Å². The number of carbonyl (C=O) groups is 1. The summed E-state index contributed by atoms with van der Waals surface area (Å²) in [6.45, 7) is 1.21. The van der Waals surface area contributed by atoms with Gasteiger partial charge >= 0.3 is 0 Å². The number of rotatable bonds is 10. The Bertz CT molecular complexity index is 1260. The summed E-state index contributed by atoms with van der Waals surface area (Å²) in [7, 11) is 0.347. The number of amides is 1. The first kappa shape index (κ1) is 25.8.